The van der Waals surface area contributed by atoms with Gasteiger partial charge in [-0.15, -0.1) is 0 Å². The van der Waals surface area contributed by atoms with Gasteiger partial charge in [0.05, 0.1) is 17.2 Å². The van der Waals surface area contributed by atoms with Crippen molar-refractivity contribution in [2.24, 2.45) is 5.92 Å². The summed E-state index contributed by atoms with van der Waals surface area (Å²) in [6.45, 7) is 7.70. The molecule has 0 aliphatic carbocycles. The molecule has 0 amide bonds. The summed E-state index contributed by atoms with van der Waals surface area (Å²) in [6.07, 6.45) is 0.589. The Morgan fingerprint density at radius 3 is 2.58 bits per heavy atom. The van der Waals surface area contributed by atoms with Crippen LogP contribution in [0, 0.1) is 17.2 Å². The van der Waals surface area contributed by atoms with Crippen LogP contribution in [0.1, 0.15) is 27.8 Å². The molecule has 1 saturated heterocycles. The van der Waals surface area contributed by atoms with Crippen molar-refractivity contribution in [2.75, 3.05) is 26.2 Å². The average molecular weight is 427 g/mol. The van der Waals surface area contributed by atoms with E-state index < -0.39 is 17.3 Å². The number of benzene rings is 2. The van der Waals surface area contributed by atoms with Gasteiger partial charge in [-0.3, -0.25) is 0 Å². The molecular weight excluding hydrogens is 403 g/mol. The van der Waals surface area contributed by atoms with E-state index in [0.29, 0.717) is 30.4 Å². The van der Waals surface area contributed by atoms with E-state index in [-0.39, 0.29) is 0 Å². The van der Waals surface area contributed by atoms with Crippen LogP contribution in [0.15, 0.2) is 49.1 Å². The Labute approximate surface area is 180 Å². The number of hydrogen-bond donors (Lipinski definition) is 2. The van der Waals surface area contributed by atoms with E-state index >= 15 is 0 Å². The summed E-state index contributed by atoms with van der Waals surface area (Å²) in [4.78, 5) is 0. The number of nitriles is 1. The van der Waals surface area contributed by atoms with Crippen LogP contribution in [0.4, 0.5) is 13.2 Å². The highest BCUT2D eigenvalue weighted by Gasteiger charge is 2.33. The van der Waals surface area contributed by atoms with Gasteiger partial charge in [-0.1, -0.05) is 36.9 Å². The van der Waals surface area contributed by atoms with Gasteiger partial charge in [0.1, 0.15) is 12.4 Å². The molecule has 0 radical (unpaired) electrons. The highest BCUT2D eigenvalue weighted by atomic mass is 19.4. The fourth-order valence-electron chi connectivity index (χ4n) is 3.23. The van der Waals surface area contributed by atoms with Crippen molar-refractivity contribution < 1.29 is 17.9 Å². The van der Waals surface area contributed by atoms with Crippen molar-refractivity contribution in [1.29, 1.82) is 5.26 Å². The zero-order valence-corrected chi connectivity index (χ0v) is 17.0. The Morgan fingerprint density at radius 1 is 1.16 bits per heavy atom. The monoisotopic (exact) mass is 427 g/mol. The normalized spacial score (nSPS) is 14.3. The molecule has 1 aliphatic heterocycles. The van der Waals surface area contributed by atoms with Gasteiger partial charge in [0.25, 0.3) is 0 Å². The highest BCUT2D eigenvalue weighted by Crippen LogP contribution is 2.32. The molecule has 1 heterocycles. The maximum atomic E-state index is 13.0. The molecule has 0 spiro atoms. The van der Waals surface area contributed by atoms with Gasteiger partial charge in [0.15, 0.2) is 0 Å². The second-order valence-corrected chi connectivity index (χ2v) is 7.41. The van der Waals surface area contributed by atoms with Crippen molar-refractivity contribution in [2.45, 2.75) is 12.7 Å². The fourth-order valence-corrected chi connectivity index (χ4v) is 3.23. The van der Waals surface area contributed by atoms with Crippen LogP contribution in [-0.4, -0.2) is 26.2 Å². The van der Waals surface area contributed by atoms with E-state index in [1.165, 1.54) is 12.1 Å². The lowest BCUT2D eigenvalue weighted by Gasteiger charge is -2.27. The third-order valence-corrected chi connectivity index (χ3v) is 4.92. The van der Waals surface area contributed by atoms with Gasteiger partial charge >= 0.3 is 6.18 Å². The summed E-state index contributed by atoms with van der Waals surface area (Å²) in [5.74, 6) is 1.34. The molecule has 7 heteroatoms. The summed E-state index contributed by atoms with van der Waals surface area (Å²) in [5, 5.41) is 15.8. The average Bonchev–Trinajstić information content (AvgIpc) is 2.71. The number of halogens is 3. The maximum Gasteiger partial charge on any atom is 0.417 e. The predicted molar refractivity (Wildman–Crippen MR) is 115 cm³/mol. The quantitative estimate of drug-likeness (QED) is 0.453. The van der Waals surface area contributed by atoms with E-state index in [9.17, 15) is 13.2 Å². The van der Waals surface area contributed by atoms with E-state index in [1.807, 2.05) is 18.2 Å². The fraction of sp³-hybridized carbons (Fsp3) is 0.292. The minimum atomic E-state index is -4.55. The molecule has 0 bridgehead atoms. The van der Waals surface area contributed by atoms with Crippen LogP contribution in [0.25, 0.3) is 12.2 Å². The minimum absolute atomic E-state index is 0.373. The molecule has 162 valence electrons. The molecule has 2 N–H and O–H groups in total. The number of alkyl halides is 3. The van der Waals surface area contributed by atoms with Crippen LogP contribution in [-0.2, 0) is 12.7 Å². The molecule has 4 nitrogen and oxygen atoms in total. The summed E-state index contributed by atoms with van der Waals surface area (Å²) < 4.78 is 44.6. The minimum Gasteiger partial charge on any atom is -0.490 e. The Hall–Kier alpha value is -3.08. The first-order valence-electron chi connectivity index (χ1n) is 9.97. The number of ether oxygens (including phenoxy) is 1. The van der Waals surface area contributed by atoms with Crippen molar-refractivity contribution >= 4 is 12.2 Å². The summed E-state index contributed by atoms with van der Waals surface area (Å²) >= 11 is 0. The molecule has 31 heavy (non-hydrogen) atoms. The molecule has 0 saturated carbocycles. The summed E-state index contributed by atoms with van der Waals surface area (Å²) in [6, 6.07) is 11.0. The van der Waals surface area contributed by atoms with Crippen LogP contribution < -0.4 is 15.4 Å². The third kappa shape index (κ3) is 6.45. The largest absolute Gasteiger partial charge is 0.490 e. The van der Waals surface area contributed by atoms with Crippen molar-refractivity contribution in [1.82, 2.24) is 10.6 Å². The van der Waals surface area contributed by atoms with Gasteiger partial charge in [0.2, 0.25) is 0 Å². The van der Waals surface area contributed by atoms with Crippen LogP contribution in [0.2, 0.25) is 0 Å². The van der Waals surface area contributed by atoms with E-state index in [4.69, 9.17) is 10.00 Å². The van der Waals surface area contributed by atoms with Crippen molar-refractivity contribution in [3.05, 3.63) is 76.9 Å². The van der Waals surface area contributed by atoms with Gasteiger partial charge < -0.3 is 15.4 Å². The SMILES string of the molecule is C=CCOc1cc(/C=C/c2ccc(C(F)(F)F)c(C#N)c2)cc(CNCC2CNC2)c1. The maximum absolute atomic E-state index is 13.0. The van der Waals surface area contributed by atoms with E-state index in [1.54, 1.807) is 24.3 Å². The lowest BCUT2D eigenvalue weighted by atomic mass is 10.0. The highest BCUT2D eigenvalue weighted by molar-refractivity contribution is 5.71. The Balaban J connectivity index is 1.78. The van der Waals surface area contributed by atoms with Crippen LogP contribution >= 0.6 is 0 Å². The van der Waals surface area contributed by atoms with Gasteiger partial charge in [-0.2, -0.15) is 18.4 Å². The molecule has 1 fully saturated rings. The zero-order valence-electron chi connectivity index (χ0n) is 17.0. The Morgan fingerprint density at radius 2 is 1.94 bits per heavy atom. The molecule has 0 atom stereocenters. The van der Waals surface area contributed by atoms with E-state index in [2.05, 4.69) is 17.2 Å². The van der Waals surface area contributed by atoms with Gasteiger partial charge in [-0.05, 0) is 46.9 Å². The first-order chi connectivity index (χ1) is 14.9. The van der Waals surface area contributed by atoms with Crippen molar-refractivity contribution in [3.63, 3.8) is 0 Å². The van der Waals surface area contributed by atoms with Crippen molar-refractivity contribution in [3.8, 4) is 11.8 Å². The lowest BCUT2D eigenvalue weighted by Crippen LogP contribution is -2.47. The number of hydrogen-bond acceptors (Lipinski definition) is 4. The number of nitrogens with one attached hydrogen (secondary N) is 2. The molecular formula is C24H24F3N3O. The third-order valence-electron chi connectivity index (χ3n) is 4.92. The Bertz CT molecular complexity index is 989. The molecule has 0 unspecified atom stereocenters. The van der Waals surface area contributed by atoms with Gasteiger partial charge in [0, 0.05) is 26.2 Å². The molecule has 2 aromatic rings. The molecule has 1 aliphatic rings. The zero-order chi connectivity index (χ0) is 22.3. The number of rotatable bonds is 9. The topological polar surface area (TPSA) is 57.1 Å². The summed E-state index contributed by atoms with van der Waals surface area (Å²) in [7, 11) is 0. The standard InChI is InChI=1S/C24H24F3N3O/c1-2-7-31-22-10-18(8-19(11-22)13-29-14-20-15-30-16-20)4-3-17-5-6-23(24(25,26)27)21(9-17)12-28/h2-6,8-11,20,29-30H,1,7,13-16H2/b4-3+. The van der Waals surface area contributed by atoms with Gasteiger partial charge in [-0.25, -0.2) is 0 Å². The molecule has 2 aromatic carbocycles. The first-order valence-corrected chi connectivity index (χ1v) is 9.97. The number of nitrogens with zero attached hydrogens (tertiary/aromatic N) is 1. The predicted octanol–water partition coefficient (Wildman–Crippen LogP) is 4.62. The Kier molecular flexibility index (Phi) is 7.50. The molecule has 3 rings (SSSR count). The first kappa shape index (κ1) is 22.6. The molecule has 0 aromatic heterocycles. The van der Waals surface area contributed by atoms with Crippen LogP contribution in [0.5, 0.6) is 5.75 Å². The lowest BCUT2D eigenvalue weighted by molar-refractivity contribution is -0.137. The van der Waals surface area contributed by atoms with E-state index in [0.717, 1.165) is 36.8 Å². The second-order valence-electron chi connectivity index (χ2n) is 7.41. The smallest absolute Gasteiger partial charge is 0.417 e. The van der Waals surface area contributed by atoms with Crippen LogP contribution in [0.3, 0.4) is 0 Å². The second kappa shape index (κ2) is 10.3. The summed E-state index contributed by atoms with van der Waals surface area (Å²) in [5.41, 5.74) is 1.08.